The number of esters is 2. The Labute approximate surface area is 247 Å². The highest BCUT2D eigenvalue weighted by molar-refractivity contribution is 8.01. The Bertz CT molecular complexity index is 493. The number of hydrogen-bond donors (Lipinski definition) is 0. The molecule has 0 radical (unpaired) electrons. The average Bonchev–Trinajstić information content (AvgIpc) is 2.94. The van der Waals surface area contributed by atoms with Crippen LogP contribution in [0, 0.1) is 0 Å². The van der Waals surface area contributed by atoms with Crippen molar-refractivity contribution in [2.24, 2.45) is 0 Å². The second-order valence-electron chi connectivity index (χ2n) is 11.3. The lowest BCUT2D eigenvalue weighted by molar-refractivity contribution is -0.143. The van der Waals surface area contributed by atoms with Crippen LogP contribution in [0.5, 0.6) is 0 Å². The number of carbonyl (C=O) groups excluding carboxylic acids is 2. The van der Waals surface area contributed by atoms with E-state index >= 15 is 0 Å². The largest absolute Gasteiger partial charge is 0.465 e. The monoisotopic (exact) mass is 570 g/mol. The molecule has 0 rings (SSSR count). The maximum atomic E-state index is 12.6. The van der Waals surface area contributed by atoms with E-state index in [1.165, 1.54) is 127 Å². The molecule has 0 amide bonds. The highest BCUT2D eigenvalue weighted by Gasteiger charge is 2.27. The summed E-state index contributed by atoms with van der Waals surface area (Å²) in [5.74, 6) is -0.350. The third-order valence-corrected chi connectivity index (χ3v) is 9.29. The summed E-state index contributed by atoms with van der Waals surface area (Å²) in [6.07, 6.45) is 29.5. The Hall–Kier alpha value is -0.710. The van der Waals surface area contributed by atoms with Crippen molar-refractivity contribution in [3.05, 3.63) is 0 Å². The van der Waals surface area contributed by atoms with Crippen molar-refractivity contribution in [3.63, 3.8) is 0 Å². The molecular formula is C34H66O4S. The summed E-state index contributed by atoms with van der Waals surface area (Å²) >= 11 is 1.43. The number of unbranched alkanes of at least 4 members (excludes halogenated alkanes) is 20. The fourth-order valence-electron chi connectivity index (χ4n) is 4.90. The van der Waals surface area contributed by atoms with Crippen LogP contribution in [0.3, 0.4) is 0 Å². The van der Waals surface area contributed by atoms with Gasteiger partial charge in [0.05, 0.1) is 13.2 Å². The molecule has 2 unspecified atom stereocenters. The van der Waals surface area contributed by atoms with E-state index < -0.39 is 0 Å². The Morgan fingerprint density at radius 2 is 0.692 bits per heavy atom. The van der Waals surface area contributed by atoms with E-state index in [4.69, 9.17) is 9.47 Å². The van der Waals surface area contributed by atoms with Crippen LogP contribution in [0.4, 0.5) is 0 Å². The summed E-state index contributed by atoms with van der Waals surface area (Å²) in [6, 6.07) is 0. The van der Waals surface area contributed by atoms with Gasteiger partial charge in [0, 0.05) is 0 Å². The molecule has 0 aromatic rings. The summed E-state index contributed by atoms with van der Waals surface area (Å²) in [5, 5.41) is -0.589. The molecule has 0 aliphatic carbocycles. The molecule has 0 spiro atoms. The quantitative estimate of drug-likeness (QED) is 0.0635. The smallest absolute Gasteiger partial charge is 0.319 e. The summed E-state index contributed by atoms with van der Waals surface area (Å²) in [6.45, 7) is 9.49. The van der Waals surface area contributed by atoms with E-state index in [1.807, 2.05) is 13.8 Å². The molecule has 0 saturated carbocycles. The van der Waals surface area contributed by atoms with Gasteiger partial charge in [-0.3, -0.25) is 9.59 Å². The third kappa shape index (κ3) is 24.8. The first-order valence-corrected chi connectivity index (χ1v) is 18.0. The Balaban J connectivity index is 3.85. The molecule has 0 heterocycles. The first-order chi connectivity index (χ1) is 19.1. The van der Waals surface area contributed by atoms with Crippen LogP contribution in [0.1, 0.15) is 182 Å². The van der Waals surface area contributed by atoms with Crippen LogP contribution in [-0.2, 0) is 19.1 Å². The molecular weight excluding hydrogens is 504 g/mol. The van der Waals surface area contributed by atoms with Crippen molar-refractivity contribution in [1.29, 1.82) is 0 Å². The zero-order valence-corrected chi connectivity index (χ0v) is 27.4. The highest BCUT2D eigenvalue weighted by Crippen LogP contribution is 2.25. The number of rotatable bonds is 30. The Morgan fingerprint density at radius 3 is 0.949 bits per heavy atom. The zero-order chi connectivity index (χ0) is 28.8. The van der Waals surface area contributed by atoms with E-state index in [9.17, 15) is 9.59 Å². The number of hydrogen-bond acceptors (Lipinski definition) is 5. The average molecular weight is 571 g/mol. The van der Waals surface area contributed by atoms with Crippen LogP contribution >= 0.6 is 11.8 Å². The number of carbonyl (C=O) groups is 2. The summed E-state index contributed by atoms with van der Waals surface area (Å²) in [7, 11) is 0. The van der Waals surface area contributed by atoms with Gasteiger partial charge in [-0.25, -0.2) is 0 Å². The topological polar surface area (TPSA) is 52.6 Å². The second-order valence-corrected chi connectivity index (χ2v) is 12.7. The zero-order valence-electron chi connectivity index (χ0n) is 26.6. The van der Waals surface area contributed by atoms with Crippen molar-refractivity contribution >= 4 is 23.7 Å². The van der Waals surface area contributed by atoms with E-state index in [0.29, 0.717) is 26.1 Å². The van der Waals surface area contributed by atoms with Gasteiger partial charge in [0.2, 0.25) is 0 Å². The minimum Gasteiger partial charge on any atom is -0.465 e. The fraction of sp³-hybridized carbons (Fsp3) is 0.941. The van der Waals surface area contributed by atoms with Gasteiger partial charge in [-0.15, -0.1) is 11.8 Å². The van der Waals surface area contributed by atoms with Crippen LogP contribution in [0.25, 0.3) is 0 Å². The standard InChI is InChI=1S/C34H66O4S/c1-5-9-11-13-15-17-19-21-23-25-27-29-37-33(35)31(7-3)39-32(8-4)34(36)38-30-28-26-24-22-20-18-16-14-12-10-6-2/h31-32H,5-30H2,1-4H3. The minimum atomic E-state index is -0.294. The Kier molecular flexibility index (Phi) is 29.7. The van der Waals surface area contributed by atoms with E-state index in [2.05, 4.69) is 13.8 Å². The van der Waals surface area contributed by atoms with Gasteiger partial charge in [-0.1, -0.05) is 156 Å². The molecule has 0 aromatic carbocycles. The summed E-state index contributed by atoms with van der Waals surface area (Å²) in [4.78, 5) is 25.2. The van der Waals surface area contributed by atoms with Gasteiger partial charge >= 0.3 is 11.9 Å². The molecule has 0 aliphatic heterocycles. The maximum absolute atomic E-state index is 12.6. The predicted molar refractivity (Wildman–Crippen MR) is 171 cm³/mol. The van der Waals surface area contributed by atoms with Crippen molar-refractivity contribution in [2.45, 2.75) is 192 Å². The van der Waals surface area contributed by atoms with E-state index in [1.54, 1.807) is 0 Å². The molecule has 2 atom stereocenters. The summed E-state index contributed by atoms with van der Waals surface area (Å²) < 4.78 is 11.1. The van der Waals surface area contributed by atoms with E-state index in [0.717, 1.165) is 25.7 Å². The van der Waals surface area contributed by atoms with Crippen LogP contribution in [0.2, 0.25) is 0 Å². The summed E-state index contributed by atoms with van der Waals surface area (Å²) in [5.41, 5.74) is 0. The fourth-order valence-corrected chi connectivity index (χ4v) is 6.04. The molecule has 0 saturated heterocycles. The first-order valence-electron chi connectivity index (χ1n) is 17.1. The minimum absolute atomic E-state index is 0.175. The molecule has 0 aromatic heterocycles. The van der Waals surface area contributed by atoms with Gasteiger partial charge in [0.25, 0.3) is 0 Å². The molecule has 39 heavy (non-hydrogen) atoms. The normalized spacial score (nSPS) is 12.8. The lowest BCUT2D eigenvalue weighted by Gasteiger charge is -2.19. The molecule has 0 N–H and O–H groups in total. The molecule has 232 valence electrons. The van der Waals surface area contributed by atoms with Crippen molar-refractivity contribution in [3.8, 4) is 0 Å². The van der Waals surface area contributed by atoms with E-state index in [-0.39, 0.29) is 22.4 Å². The highest BCUT2D eigenvalue weighted by atomic mass is 32.2. The lowest BCUT2D eigenvalue weighted by atomic mass is 10.1. The molecule has 0 fully saturated rings. The molecule has 5 heteroatoms. The Morgan fingerprint density at radius 1 is 0.436 bits per heavy atom. The maximum Gasteiger partial charge on any atom is 0.319 e. The lowest BCUT2D eigenvalue weighted by Crippen LogP contribution is -2.28. The predicted octanol–water partition coefficient (Wildman–Crippen LogP) is 11.0. The van der Waals surface area contributed by atoms with Gasteiger partial charge < -0.3 is 9.47 Å². The van der Waals surface area contributed by atoms with Gasteiger partial charge in [-0.05, 0) is 25.7 Å². The van der Waals surface area contributed by atoms with Gasteiger partial charge in [0.1, 0.15) is 10.5 Å². The first kappa shape index (κ1) is 38.3. The third-order valence-electron chi connectivity index (χ3n) is 7.58. The van der Waals surface area contributed by atoms with Crippen LogP contribution in [0.15, 0.2) is 0 Å². The molecule has 0 aliphatic rings. The van der Waals surface area contributed by atoms with Crippen LogP contribution in [-0.4, -0.2) is 35.7 Å². The molecule has 4 nitrogen and oxygen atoms in total. The SMILES string of the molecule is CCCCCCCCCCCCCOC(=O)C(CC)SC(CC)C(=O)OCCCCCCCCCCCCC. The second kappa shape index (κ2) is 30.3. The van der Waals surface area contributed by atoms with Crippen LogP contribution < -0.4 is 0 Å². The number of thioether (sulfide) groups is 1. The van der Waals surface area contributed by atoms with Crippen molar-refractivity contribution in [2.75, 3.05) is 13.2 Å². The number of ether oxygens (including phenoxy) is 2. The molecule has 0 bridgehead atoms. The van der Waals surface area contributed by atoms with Crippen molar-refractivity contribution in [1.82, 2.24) is 0 Å². The van der Waals surface area contributed by atoms with Gasteiger partial charge in [0.15, 0.2) is 0 Å². The van der Waals surface area contributed by atoms with Crippen molar-refractivity contribution < 1.29 is 19.1 Å². The van der Waals surface area contributed by atoms with Gasteiger partial charge in [-0.2, -0.15) is 0 Å².